The molecular weight excluding hydrogens is 374 g/mol. The number of rotatable bonds is 5. The number of carbonyl (C=O) groups excluding carboxylic acids is 1. The van der Waals surface area contributed by atoms with E-state index in [0.29, 0.717) is 32.1 Å². The first-order valence-corrected chi connectivity index (χ1v) is 10.3. The van der Waals surface area contributed by atoms with Crippen LogP contribution >= 0.6 is 0 Å². The van der Waals surface area contributed by atoms with Crippen molar-refractivity contribution in [2.75, 3.05) is 39.6 Å². The second-order valence-electron chi connectivity index (χ2n) is 8.64. The van der Waals surface area contributed by atoms with Crippen LogP contribution in [0.1, 0.15) is 34.4 Å². The number of aromatic nitrogens is 2. The zero-order valence-corrected chi connectivity index (χ0v) is 17.0. The van der Waals surface area contributed by atoms with Gasteiger partial charge < -0.3 is 23.9 Å². The van der Waals surface area contributed by atoms with E-state index in [2.05, 4.69) is 18.4 Å². The molecule has 0 spiro atoms. The Bertz CT molecular complexity index is 921. The van der Waals surface area contributed by atoms with Crippen molar-refractivity contribution in [3.8, 4) is 11.3 Å². The van der Waals surface area contributed by atoms with Gasteiger partial charge >= 0.3 is 0 Å². The molecule has 1 amide bonds. The fourth-order valence-corrected chi connectivity index (χ4v) is 4.34. The maximum atomic E-state index is 12.7. The lowest BCUT2D eigenvalue weighted by Gasteiger charge is -2.37. The van der Waals surface area contributed by atoms with E-state index in [1.807, 2.05) is 11.6 Å². The van der Waals surface area contributed by atoms with Gasteiger partial charge in [-0.2, -0.15) is 5.10 Å². The molecule has 1 N–H and O–H groups in total. The highest BCUT2D eigenvalue weighted by Gasteiger charge is 2.35. The Morgan fingerprint density at radius 2 is 2.17 bits per heavy atom. The number of carbonyl (C=O) groups is 1. The van der Waals surface area contributed by atoms with E-state index < -0.39 is 0 Å². The minimum atomic E-state index is -0.216. The van der Waals surface area contributed by atoms with Gasteiger partial charge in [0, 0.05) is 35.7 Å². The number of hydrogen-bond acceptors (Lipinski definition) is 6. The SMILES string of the molecule is Cc1c(C(=O)NC[C@@H]2COCCO2)oc2c1-c1nn(CC3(C)COC3)cc1CC2. The molecule has 0 saturated carbocycles. The topological polar surface area (TPSA) is 87.8 Å². The molecule has 0 bridgehead atoms. The van der Waals surface area contributed by atoms with Crippen molar-refractivity contribution in [2.24, 2.45) is 5.41 Å². The van der Waals surface area contributed by atoms with E-state index in [1.165, 1.54) is 5.56 Å². The Morgan fingerprint density at radius 3 is 2.90 bits per heavy atom. The Hall–Kier alpha value is -2.16. The first-order valence-electron chi connectivity index (χ1n) is 10.3. The van der Waals surface area contributed by atoms with Crippen molar-refractivity contribution in [1.29, 1.82) is 0 Å². The molecular formula is C21H27N3O5. The summed E-state index contributed by atoms with van der Waals surface area (Å²) in [6.07, 6.45) is 3.67. The standard InChI is InChI=1S/C21H27N3O5/c1-13-17-16(29-19(13)20(25)22-7-15-9-26-5-6-28-15)4-3-14-8-24(23-18(14)17)10-21(2)11-27-12-21/h8,15H,3-7,9-12H2,1-2H3,(H,22,25)/t15-/m1/s1. The van der Waals surface area contributed by atoms with Crippen molar-refractivity contribution >= 4 is 5.91 Å². The van der Waals surface area contributed by atoms with Crippen LogP contribution in [0.3, 0.4) is 0 Å². The molecule has 156 valence electrons. The van der Waals surface area contributed by atoms with Gasteiger partial charge in [-0.15, -0.1) is 0 Å². The molecule has 4 heterocycles. The van der Waals surface area contributed by atoms with Crippen LogP contribution in [0.15, 0.2) is 10.6 Å². The predicted octanol–water partition coefficient (Wildman–Crippen LogP) is 1.73. The van der Waals surface area contributed by atoms with Crippen molar-refractivity contribution < 1.29 is 23.4 Å². The minimum absolute atomic E-state index is 0.114. The van der Waals surface area contributed by atoms with Crippen LogP contribution in [0.25, 0.3) is 11.3 Å². The number of hydrogen-bond donors (Lipinski definition) is 1. The second kappa shape index (κ2) is 7.27. The quantitative estimate of drug-likeness (QED) is 0.821. The number of nitrogens with zero attached hydrogens (tertiary/aromatic N) is 2. The van der Waals surface area contributed by atoms with Gasteiger partial charge in [0.15, 0.2) is 5.76 Å². The van der Waals surface area contributed by atoms with Gasteiger partial charge in [0.25, 0.3) is 5.91 Å². The third kappa shape index (κ3) is 3.49. The van der Waals surface area contributed by atoms with E-state index >= 15 is 0 Å². The molecule has 2 saturated heterocycles. The number of furan rings is 1. The fourth-order valence-electron chi connectivity index (χ4n) is 4.34. The van der Waals surface area contributed by atoms with Crippen LogP contribution in [-0.4, -0.2) is 61.4 Å². The van der Waals surface area contributed by atoms with Crippen molar-refractivity contribution in [1.82, 2.24) is 15.1 Å². The number of aryl methyl sites for hydroxylation is 2. The molecule has 8 nitrogen and oxygen atoms in total. The summed E-state index contributed by atoms with van der Waals surface area (Å²) in [4.78, 5) is 12.7. The molecule has 29 heavy (non-hydrogen) atoms. The van der Waals surface area contributed by atoms with Crippen LogP contribution < -0.4 is 5.32 Å². The number of ether oxygens (including phenoxy) is 3. The Kier molecular flexibility index (Phi) is 4.72. The van der Waals surface area contributed by atoms with Crippen LogP contribution in [0.2, 0.25) is 0 Å². The summed E-state index contributed by atoms with van der Waals surface area (Å²) >= 11 is 0. The van der Waals surface area contributed by atoms with E-state index in [1.54, 1.807) is 0 Å². The summed E-state index contributed by atoms with van der Waals surface area (Å²) in [5, 5.41) is 7.76. The normalized spacial score (nSPS) is 22.5. The summed E-state index contributed by atoms with van der Waals surface area (Å²) in [5.74, 6) is 1.00. The largest absolute Gasteiger partial charge is 0.455 e. The second-order valence-corrected chi connectivity index (χ2v) is 8.64. The zero-order chi connectivity index (χ0) is 20.0. The summed E-state index contributed by atoms with van der Waals surface area (Å²) in [5.41, 5.74) is 4.13. The molecule has 3 aliphatic rings. The maximum Gasteiger partial charge on any atom is 0.287 e. The molecule has 1 aliphatic carbocycles. The molecule has 0 radical (unpaired) electrons. The predicted molar refractivity (Wildman–Crippen MR) is 104 cm³/mol. The molecule has 1 atom stereocenters. The third-order valence-corrected chi connectivity index (χ3v) is 5.94. The monoisotopic (exact) mass is 401 g/mol. The summed E-state index contributed by atoms with van der Waals surface area (Å²) in [7, 11) is 0. The van der Waals surface area contributed by atoms with Gasteiger partial charge in [-0.05, 0) is 18.9 Å². The molecule has 8 heteroatoms. The van der Waals surface area contributed by atoms with E-state index in [0.717, 1.165) is 55.2 Å². The molecule has 2 aliphatic heterocycles. The smallest absolute Gasteiger partial charge is 0.287 e. The van der Waals surface area contributed by atoms with Crippen molar-refractivity contribution in [2.45, 2.75) is 39.3 Å². The number of nitrogens with one attached hydrogen (secondary N) is 1. The summed E-state index contributed by atoms with van der Waals surface area (Å²) in [6.45, 7) is 8.61. The lowest BCUT2D eigenvalue weighted by atomic mass is 9.89. The zero-order valence-electron chi connectivity index (χ0n) is 17.0. The first-order chi connectivity index (χ1) is 14.0. The van der Waals surface area contributed by atoms with Gasteiger partial charge in [0.05, 0.1) is 51.4 Å². The van der Waals surface area contributed by atoms with E-state index in [4.69, 9.17) is 23.7 Å². The number of amides is 1. The van der Waals surface area contributed by atoms with Crippen LogP contribution in [-0.2, 0) is 33.6 Å². The fraction of sp³-hybridized carbons (Fsp3) is 0.619. The van der Waals surface area contributed by atoms with Crippen LogP contribution in [0.5, 0.6) is 0 Å². The van der Waals surface area contributed by atoms with E-state index in [-0.39, 0.29) is 17.4 Å². The molecule has 2 aromatic heterocycles. The first kappa shape index (κ1) is 18.8. The molecule has 0 aromatic carbocycles. The minimum Gasteiger partial charge on any atom is -0.455 e. The number of fused-ring (bicyclic) bond motifs is 3. The summed E-state index contributed by atoms with van der Waals surface area (Å²) < 4.78 is 24.3. The van der Waals surface area contributed by atoms with Gasteiger partial charge in [-0.1, -0.05) is 6.92 Å². The summed E-state index contributed by atoms with van der Waals surface area (Å²) in [6, 6.07) is 0. The van der Waals surface area contributed by atoms with Crippen molar-refractivity contribution in [3.63, 3.8) is 0 Å². The highest BCUT2D eigenvalue weighted by Crippen LogP contribution is 2.39. The van der Waals surface area contributed by atoms with Gasteiger partial charge in [0.1, 0.15) is 5.76 Å². The van der Waals surface area contributed by atoms with E-state index in [9.17, 15) is 4.79 Å². The van der Waals surface area contributed by atoms with Gasteiger partial charge in [-0.25, -0.2) is 0 Å². The highest BCUT2D eigenvalue weighted by atomic mass is 16.6. The average Bonchev–Trinajstić information content (AvgIpc) is 3.26. The lowest BCUT2D eigenvalue weighted by Crippen LogP contribution is -2.43. The Balaban J connectivity index is 1.35. The maximum absolute atomic E-state index is 12.7. The molecule has 5 rings (SSSR count). The molecule has 0 unspecified atom stereocenters. The van der Waals surface area contributed by atoms with Gasteiger partial charge in [0.2, 0.25) is 0 Å². The van der Waals surface area contributed by atoms with Gasteiger partial charge in [-0.3, -0.25) is 9.48 Å². The average molecular weight is 401 g/mol. The molecule has 2 fully saturated rings. The Morgan fingerprint density at radius 1 is 1.31 bits per heavy atom. The van der Waals surface area contributed by atoms with Crippen LogP contribution in [0, 0.1) is 12.3 Å². The van der Waals surface area contributed by atoms with Crippen molar-refractivity contribution in [3.05, 3.63) is 28.8 Å². The highest BCUT2D eigenvalue weighted by molar-refractivity contribution is 5.95. The van der Waals surface area contributed by atoms with Crippen LogP contribution in [0.4, 0.5) is 0 Å². The Labute approximate surface area is 169 Å². The molecule has 2 aromatic rings. The lowest BCUT2D eigenvalue weighted by molar-refractivity contribution is -0.111. The third-order valence-electron chi connectivity index (χ3n) is 5.94.